The van der Waals surface area contributed by atoms with Gasteiger partial charge in [-0.15, -0.1) is 0 Å². The van der Waals surface area contributed by atoms with Crippen molar-refractivity contribution in [3.8, 4) is 0 Å². The Hall–Kier alpha value is -2.30. The highest BCUT2D eigenvalue weighted by Crippen LogP contribution is 2.40. The Morgan fingerprint density at radius 2 is 1.91 bits per heavy atom. The molecule has 0 aliphatic heterocycles. The molecule has 1 atom stereocenters. The molecule has 2 aromatic heterocycles. The van der Waals surface area contributed by atoms with E-state index in [1.165, 1.54) is 0 Å². The first-order chi connectivity index (χ1) is 10.5. The van der Waals surface area contributed by atoms with E-state index in [0.29, 0.717) is 17.4 Å². The third-order valence-corrected chi connectivity index (χ3v) is 3.81. The van der Waals surface area contributed by atoms with Crippen LogP contribution in [-0.4, -0.2) is 20.9 Å². The van der Waals surface area contributed by atoms with Crippen molar-refractivity contribution in [2.24, 2.45) is 5.92 Å². The molecule has 0 saturated heterocycles. The molecular formula is C17H20N4O. The van der Waals surface area contributed by atoms with Crippen molar-refractivity contribution < 1.29 is 4.79 Å². The second-order valence-corrected chi connectivity index (χ2v) is 5.93. The number of nitrogens with zero attached hydrogens (tertiary/aromatic N) is 3. The molecule has 114 valence electrons. The quantitative estimate of drug-likeness (QED) is 0.942. The van der Waals surface area contributed by atoms with Crippen LogP contribution in [-0.2, 0) is 0 Å². The van der Waals surface area contributed by atoms with Crippen LogP contribution in [0.15, 0.2) is 24.3 Å². The minimum atomic E-state index is -0.159. The summed E-state index contributed by atoms with van der Waals surface area (Å²) in [6.07, 6.45) is 2.25. The molecule has 1 saturated carbocycles. The van der Waals surface area contributed by atoms with Crippen LogP contribution in [0.4, 0.5) is 0 Å². The molecule has 0 spiro atoms. The van der Waals surface area contributed by atoms with E-state index in [0.717, 1.165) is 29.9 Å². The van der Waals surface area contributed by atoms with Crippen molar-refractivity contribution in [3.05, 3.63) is 52.9 Å². The Morgan fingerprint density at radius 1 is 1.14 bits per heavy atom. The maximum Gasteiger partial charge on any atom is 0.270 e. The molecule has 0 radical (unpaired) electrons. The topological polar surface area (TPSA) is 67.8 Å². The predicted octanol–water partition coefficient (Wildman–Crippen LogP) is 2.68. The number of carbonyl (C=O) groups is 1. The third kappa shape index (κ3) is 3.30. The van der Waals surface area contributed by atoms with Crippen LogP contribution < -0.4 is 5.32 Å². The van der Waals surface area contributed by atoms with Gasteiger partial charge in [-0.25, -0.2) is 9.97 Å². The van der Waals surface area contributed by atoms with Gasteiger partial charge in [0.05, 0.1) is 11.7 Å². The van der Waals surface area contributed by atoms with E-state index in [-0.39, 0.29) is 11.9 Å². The molecule has 1 fully saturated rings. The monoisotopic (exact) mass is 296 g/mol. The van der Waals surface area contributed by atoms with Gasteiger partial charge in [0.25, 0.3) is 5.91 Å². The van der Waals surface area contributed by atoms with Crippen LogP contribution in [0.3, 0.4) is 0 Å². The van der Waals surface area contributed by atoms with Crippen LogP contribution >= 0.6 is 0 Å². The van der Waals surface area contributed by atoms with Gasteiger partial charge < -0.3 is 5.32 Å². The Morgan fingerprint density at radius 3 is 2.55 bits per heavy atom. The largest absolute Gasteiger partial charge is 0.342 e. The number of rotatable bonds is 4. The third-order valence-electron chi connectivity index (χ3n) is 3.81. The number of pyridine rings is 1. The van der Waals surface area contributed by atoms with Crippen molar-refractivity contribution in [2.45, 2.75) is 39.7 Å². The van der Waals surface area contributed by atoms with Gasteiger partial charge >= 0.3 is 0 Å². The van der Waals surface area contributed by atoms with Crippen molar-refractivity contribution in [3.63, 3.8) is 0 Å². The fraction of sp³-hybridized carbons (Fsp3) is 0.412. The summed E-state index contributed by atoms with van der Waals surface area (Å²) in [4.78, 5) is 25.5. The van der Waals surface area contributed by atoms with E-state index in [4.69, 9.17) is 0 Å². The van der Waals surface area contributed by atoms with E-state index in [1.54, 1.807) is 13.0 Å². The average molecular weight is 296 g/mol. The number of aryl methyl sites for hydroxylation is 3. The number of hydrogen-bond acceptors (Lipinski definition) is 4. The molecule has 1 N–H and O–H groups in total. The summed E-state index contributed by atoms with van der Waals surface area (Å²) in [7, 11) is 0. The minimum absolute atomic E-state index is 0.0389. The van der Waals surface area contributed by atoms with Gasteiger partial charge in [-0.05, 0) is 57.7 Å². The summed E-state index contributed by atoms with van der Waals surface area (Å²) in [5.74, 6) is 0.929. The first-order valence-corrected chi connectivity index (χ1v) is 7.59. The summed E-state index contributed by atoms with van der Waals surface area (Å²) >= 11 is 0. The fourth-order valence-electron chi connectivity index (χ4n) is 2.65. The smallest absolute Gasteiger partial charge is 0.270 e. The van der Waals surface area contributed by atoms with Gasteiger partial charge in [-0.2, -0.15) is 0 Å². The molecule has 1 aliphatic carbocycles. The molecule has 22 heavy (non-hydrogen) atoms. The lowest BCUT2D eigenvalue weighted by Gasteiger charge is -2.18. The first-order valence-electron chi connectivity index (χ1n) is 7.59. The van der Waals surface area contributed by atoms with Gasteiger partial charge in [0.2, 0.25) is 0 Å². The SMILES string of the molecule is Cc1cccc([C@@H](NC(=O)c2cc(C)nc(C)n2)C2CC2)n1. The molecule has 2 aromatic rings. The highest BCUT2D eigenvalue weighted by atomic mass is 16.2. The lowest BCUT2D eigenvalue weighted by Crippen LogP contribution is -2.31. The molecule has 2 heterocycles. The second kappa shape index (κ2) is 5.83. The molecule has 0 unspecified atom stereocenters. The van der Waals surface area contributed by atoms with Crippen LogP contribution in [0.5, 0.6) is 0 Å². The fourth-order valence-corrected chi connectivity index (χ4v) is 2.65. The Bertz CT molecular complexity index is 689. The van der Waals surface area contributed by atoms with E-state index in [2.05, 4.69) is 20.3 Å². The zero-order chi connectivity index (χ0) is 15.7. The summed E-state index contributed by atoms with van der Waals surface area (Å²) < 4.78 is 0. The maximum atomic E-state index is 12.5. The van der Waals surface area contributed by atoms with Crippen molar-refractivity contribution >= 4 is 5.91 Å². The standard InChI is InChI=1S/C17H20N4O/c1-10-5-4-6-14(19-10)16(13-7-8-13)21-17(22)15-9-11(2)18-12(3)20-15/h4-6,9,13,16H,7-8H2,1-3H3,(H,21,22)/t16-/m0/s1. The van der Waals surface area contributed by atoms with Crippen LogP contribution in [0.25, 0.3) is 0 Å². The van der Waals surface area contributed by atoms with Crippen molar-refractivity contribution in [2.75, 3.05) is 0 Å². The summed E-state index contributed by atoms with van der Waals surface area (Å²) in [6.45, 7) is 5.63. The maximum absolute atomic E-state index is 12.5. The number of aromatic nitrogens is 3. The second-order valence-electron chi connectivity index (χ2n) is 5.93. The number of carbonyl (C=O) groups excluding carboxylic acids is 1. The van der Waals surface area contributed by atoms with Gasteiger partial charge in [0, 0.05) is 11.4 Å². The Labute approximate surface area is 130 Å². The zero-order valence-electron chi connectivity index (χ0n) is 13.1. The van der Waals surface area contributed by atoms with Crippen LogP contribution in [0.1, 0.15) is 52.3 Å². The zero-order valence-corrected chi connectivity index (χ0v) is 13.1. The molecule has 1 amide bonds. The molecular weight excluding hydrogens is 276 g/mol. The molecule has 5 nitrogen and oxygen atoms in total. The molecule has 0 bridgehead atoms. The number of amides is 1. The lowest BCUT2D eigenvalue weighted by atomic mass is 10.1. The van der Waals surface area contributed by atoms with Gasteiger partial charge in [-0.1, -0.05) is 6.07 Å². The average Bonchev–Trinajstić information content (AvgIpc) is 3.28. The van der Waals surface area contributed by atoms with Crippen molar-refractivity contribution in [1.82, 2.24) is 20.3 Å². The predicted molar refractivity (Wildman–Crippen MR) is 83.4 cm³/mol. The summed E-state index contributed by atoms with van der Waals surface area (Å²) in [6, 6.07) is 7.61. The van der Waals surface area contributed by atoms with Crippen LogP contribution in [0.2, 0.25) is 0 Å². The van der Waals surface area contributed by atoms with E-state index in [9.17, 15) is 4.79 Å². The summed E-state index contributed by atoms with van der Waals surface area (Å²) in [5.41, 5.74) is 3.11. The lowest BCUT2D eigenvalue weighted by molar-refractivity contribution is 0.0925. The van der Waals surface area contributed by atoms with Gasteiger partial charge in [-0.3, -0.25) is 9.78 Å². The van der Waals surface area contributed by atoms with E-state index in [1.807, 2.05) is 32.0 Å². The Balaban J connectivity index is 1.83. The van der Waals surface area contributed by atoms with Gasteiger partial charge in [0.15, 0.2) is 0 Å². The van der Waals surface area contributed by atoms with Crippen molar-refractivity contribution in [1.29, 1.82) is 0 Å². The van der Waals surface area contributed by atoms with E-state index < -0.39 is 0 Å². The molecule has 5 heteroatoms. The first kappa shape index (κ1) is 14.6. The normalized spacial score (nSPS) is 15.4. The molecule has 3 rings (SSSR count). The number of nitrogens with one attached hydrogen (secondary N) is 1. The van der Waals surface area contributed by atoms with E-state index >= 15 is 0 Å². The Kier molecular flexibility index (Phi) is 3.88. The highest BCUT2D eigenvalue weighted by molar-refractivity contribution is 5.92. The molecule has 1 aliphatic rings. The molecule has 0 aromatic carbocycles. The highest BCUT2D eigenvalue weighted by Gasteiger charge is 2.34. The van der Waals surface area contributed by atoms with Crippen LogP contribution in [0, 0.1) is 26.7 Å². The van der Waals surface area contributed by atoms with Gasteiger partial charge in [0.1, 0.15) is 11.5 Å². The number of hydrogen-bond donors (Lipinski definition) is 1. The summed E-state index contributed by atoms with van der Waals surface area (Å²) in [5, 5.41) is 3.10. The minimum Gasteiger partial charge on any atom is -0.342 e.